The summed E-state index contributed by atoms with van der Waals surface area (Å²) in [5, 5.41) is 10.3. The second kappa shape index (κ2) is 9.70. The highest BCUT2D eigenvalue weighted by molar-refractivity contribution is 5.81. The van der Waals surface area contributed by atoms with Gasteiger partial charge in [-0.2, -0.15) is 0 Å². The van der Waals surface area contributed by atoms with Gasteiger partial charge in [0.1, 0.15) is 5.75 Å². The second-order valence-electron chi connectivity index (χ2n) is 7.54. The van der Waals surface area contributed by atoms with Crippen molar-refractivity contribution in [2.45, 2.75) is 65.9 Å². The van der Waals surface area contributed by atoms with Crippen molar-refractivity contribution in [1.29, 1.82) is 0 Å². The third-order valence-electron chi connectivity index (χ3n) is 4.75. The molecule has 0 aliphatic rings. The van der Waals surface area contributed by atoms with Crippen molar-refractivity contribution in [2.75, 3.05) is 7.11 Å². The Kier molecular flexibility index (Phi) is 7.61. The molecule has 27 heavy (non-hydrogen) atoms. The molecule has 0 atom stereocenters. The lowest BCUT2D eigenvalue weighted by atomic mass is 9.87. The van der Waals surface area contributed by atoms with Crippen LogP contribution in [0.3, 0.4) is 0 Å². The number of aliphatic hydroxyl groups is 1. The number of ether oxygens (including phenoxy) is 1. The largest absolute Gasteiger partial charge is 0.497 e. The van der Waals surface area contributed by atoms with Crippen molar-refractivity contribution in [3.05, 3.63) is 52.9 Å². The third-order valence-corrected chi connectivity index (χ3v) is 4.75. The summed E-state index contributed by atoms with van der Waals surface area (Å²) in [5.74, 6) is 1.34. The average molecular weight is 368 g/mol. The number of aromatic nitrogens is 1. The molecule has 0 aliphatic carbocycles. The fourth-order valence-electron chi connectivity index (χ4n) is 3.40. The first-order valence-electron chi connectivity index (χ1n) is 9.92. The number of aliphatic hydroxyl groups excluding tert-OH is 1. The maximum absolute atomic E-state index is 10.3. The van der Waals surface area contributed by atoms with Gasteiger partial charge >= 0.3 is 0 Å². The Bertz CT molecular complexity index is 791. The molecule has 0 spiro atoms. The standard InChI is InChI=1S/C24H33NO2/c1-7-8-9-13-20-22(18-11-10-12-19(14-18)27-6)21(15-26)24(17(4)5)25-23(20)16(2)3/h9-14,16-17,26H,7-8,15H2,1-6H3/b13-9+. The summed E-state index contributed by atoms with van der Waals surface area (Å²) >= 11 is 0. The molecule has 0 radical (unpaired) electrons. The van der Waals surface area contributed by atoms with Gasteiger partial charge in [-0.1, -0.05) is 65.3 Å². The van der Waals surface area contributed by atoms with Crippen LogP contribution in [0, 0.1) is 0 Å². The molecule has 2 rings (SSSR count). The van der Waals surface area contributed by atoms with Crippen LogP contribution in [0.1, 0.15) is 81.8 Å². The van der Waals surface area contributed by atoms with Crippen LogP contribution < -0.4 is 4.74 Å². The molecule has 3 nitrogen and oxygen atoms in total. The van der Waals surface area contributed by atoms with Gasteiger partial charge in [0.25, 0.3) is 0 Å². The van der Waals surface area contributed by atoms with Gasteiger partial charge in [0.2, 0.25) is 0 Å². The zero-order valence-electron chi connectivity index (χ0n) is 17.5. The SMILES string of the molecule is CCC/C=C/c1c(C(C)C)nc(C(C)C)c(CO)c1-c1cccc(OC)c1. The van der Waals surface area contributed by atoms with Gasteiger partial charge < -0.3 is 9.84 Å². The smallest absolute Gasteiger partial charge is 0.119 e. The van der Waals surface area contributed by atoms with Crippen LogP contribution >= 0.6 is 0 Å². The minimum atomic E-state index is -0.0277. The van der Waals surface area contributed by atoms with Crippen LogP contribution in [0.2, 0.25) is 0 Å². The first-order valence-corrected chi connectivity index (χ1v) is 9.92. The lowest BCUT2D eigenvalue weighted by Crippen LogP contribution is -2.10. The van der Waals surface area contributed by atoms with Gasteiger partial charge in [-0.15, -0.1) is 0 Å². The summed E-state index contributed by atoms with van der Waals surface area (Å²) in [4.78, 5) is 5.01. The highest BCUT2D eigenvalue weighted by Gasteiger charge is 2.22. The number of allylic oxidation sites excluding steroid dienone is 1. The summed E-state index contributed by atoms with van der Waals surface area (Å²) in [6.45, 7) is 10.8. The van der Waals surface area contributed by atoms with Crippen molar-refractivity contribution in [2.24, 2.45) is 0 Å². The van der Waals surface area contributed by atoms with Crippen LogP contribution in [0.5, 0.6) is 5.75 Å². The van der Waals surface area contributed by atoms with Gasteiger partial charge in [0.05, 0.1) is 19.4 Å². The quantitative estimate of drug-likeness (QED) is 0.594. The molecule has 1 aromatic heterocycles. The van der Waals surface area contributed by atoms with Crippen molar-refractivity contribution < 1.29 is 9.84 Å². The first-order chi connectivity index (χ1) is 12.9. The summed E-state index contributed by atoms with van der Waals surface area (Å²) in [7, 11) is 1.68. The monoisotopic (exact) mass is 367 g/mol. The topological polar surface area (TPSA) is 42.4 Å². The van der Waals surface area contributed by atoms with Gasteiger partial charge in [-0.3, -0.25) is 4.98 Å². The van der Waals surface area contributed by atoms with E-state index in [4.69, 9.17) is 9.72 Å². The predicted molar refractivity (Wildman–Crippen MR) is 114 cm³/mol. The van der Waals surface area contributed by atoms with E-state index in [-0.39, 0.29) is 12.5 Å². The molecule has 1 aromatic carbocycles. The van der Waals surface area contributed by atoms with E-state index in [2.05, 4.69) is 52.8 Å². The fraction of sp³-hybridized carbons (Fsp3) is 0.458. The van der Waals surface area contributed by atoms with Crippen LogP contribution in [0.25, 0.3) is 17.2 Å². The highest BCUT2D eigenvalue weighted by Crippen LogP contribution is 2.38. The molecule has 0 amide bonds. The Morgan fingerprint density at radius 2 is 1.81 bits per heavy atom. The fourth-order valence-corrected chi connectivity index (χ4v) is 3.40. The molecule has 1 heterocycles. The predicted octanol–water partition coefficient (Wildman–Crippen LogP) is 6.31. The van der Waals surface area contributed by atoms with E-state index in [0.717, 1.165) is 52.2 Å². The average Bonchev–Trinajstić information content (AvgIpc) is 2.66. The van der Waals surface area contributed by atoms with Crippen molar-refractivity contribution in [3.63, 3.8) is 0 Å². The number of methoxy groups -OCH3 is 1. The summed E-state index contributed by atoms with van der Waals surface area (Å²) in [6, 6.07) is 8.07. The lowest BCUT2D eigenvalue weighted by Gasteiger charge is -2.23. The number of rotatable bonds is 8. The second-order valence-corrected chi connectivity index (χ2v) is 7.54. The molecule has 0 saturated carbocycles. The maximum atomic E-state index is 10.3. The van der Waals surface area contributed by atoms with E-state index in [0.29, 0.717) is 5.92 Å². The molecule has 0 aliphatic heterocycles. The van der Waals surface area contributed by atoms with Crippen molar-refractivity contribution in [3.8, 4) is 16.9 Å². The molecule has 0 bridgehead atoms. The molecule has 2 aromatic rings. The highest BCUT2D eigenvalue weighted by atomic mass is 16.5. The number of hydrogen-bond donors (Lipinski definition) is 1. The van der Waals surface area contributed by atoms with Gasteiger partial charge in [-0.05, 0) is 41.5 Å². The van der Waals surface area contributed by atoms with Gasteiger partial charge in [0, 0.05) is 16.8 Å². The van der Waals surface area contributed by atoms with E-state index in [1.807, 2.05) is 18.2 Å². The molecule has 0 unspecified atom stereocenters. The van der Waals surface area contributed by atoms with Crippen molar-refractivity contribution in [1.82, 2.24) is 4.98 Å². The molecule has 3 heteroatoms. The molecular weight excluding hydrogens is 334 g/mol. The third kappa shape index (κ3) is 4.78. The summed E-state index contributed by atoms with van der Waals surface area (Å²) < 4.78 is 5.45. The number of hydrogen-bond acceptors (Lipinski definition) is 3. The van der Waals surface area contributed by atoms with E-state index < -0.39 is 0 Å². The Balaban J connectivity index is 2.89. The van der Waals surface area contributed by atoms with E-state index in [1.54, 1.807) is 7.11 Å². The van der Waals surface area contributed by atoms with Crippen LogP contribution in [0.15, 0.2) is 30.3 Å². The summed E-state index contributed by atoms with van der Waals surface area (Å²) in [6.07, 6.45) is 6.52. The molecule has 0 saturated heterocycles. The Labute approximate surface area is 164 Å². The normalized spacial score (nSPS) is 11.7. The molecule has 146 valence electrons. The van der Waals surface area contributed by atoms with Crippen LogP contribution in [0.4, 0.5) is 0 Å². The Morgan fingerprint density at radius 1 is 1.11 bits per heavy atom. The summed E-state index contributed by atoms with van der Waals surface area (Å²) in [5.41, 5.74) is 6.22. The molecule has 0 fully saturated rings. The van der Waals surface area contributed by atoms with Gasteiger partial charge in [0.15, 0.2) is 0 Å². The maximum Gasteiger partial charge on any atom is 0.119 e. The Hall–Kier alpha value is -2.13. The lowest BCUT2D eigenvalue weighted by molar-refractivity contribution is 0.280. The van der Waals surface area contributed by atoms with Crippen LogP contribution in [-0.4, -0.2) is 17.2 Å². The number of benzene rings is 1. The van der Waals surface area contributed by atoms with E-state index in [1.165, 1.54) is 0 Å². The van der Waals surface area contributed by atoms with E-state index >= 15 is 0 Å². The zero-order valence-corrected chi connectivity index (χ0v) is 17.5. The van der Waals surface area contributed by atoms with Crippen LogP contribution in [-0.2, 0) is 6.61 Å². The Morgan fingerprint density at radius 3 is 2.37 bits per heavy atom. The van der Waals surface area contributed by atoms with E-state index in [9.17, 15) is 5.11 Å². The first kappa shape index (κ1) is 21.2. The van der Waals surface area contributed by atoms with Crippen molar-refractivity contribution >= 4 is 6.08 Å². The zero-order chi connectivity index (χ0) is 20.0. The van der Waals surface area contributed by atoms with Gasteiger partial charge in [-0.25, -0.2) is 0 Å². The molecule has 1 N–H and O–H groups in total. The minimum absolute atomic E-state index is 0.0277. The minimum Gasteiger partial charge on any atom is -0.497 e. The molecular formula is C24H33NO2. The number of pyridine rings is 1. The number of unbranched alkanes of at least 4 members (excludes halogenated alkanes) is 1. The number of nitrogens with zero attached hydrogens (tertiary/aromatic N) is 1.